The van der Waals surface area contributed by atoms with Gasteiger partial charge in [0.15, 0.2) is 6.54 Å². The van der Waals surface area contributed by atoms with E-state index in [4.69, 9.17) is 0 Å². The number of thioether (sulfide) groups is 1. The molecule has 0 spiro atoms. The standard InChI is InChI=1S/C22H23N2OS.HI/c1-3-23-20-11-8-16(2)14-21(20)26-22(23)15-18-10-9-17-6-4-5-7-19(17)24(18)12-13-25;/h4-11,14-15,25H,3,12-13H2,1-2H3;1H/q+1;/p-1. The van der Waals surface area contributed by atoms with E-state index in [0.717, 1.165) is 17.8 Å². The molecule has 0 bridgehead atoms. The van der Waals surface area contributed by atoms with E-state index in [9.17, 15) is 5.11 Å². The molecule has 0 amide bonds. The van der Waals surface area contributed by atoms with Gasteiger partial charge in [-0.2, -0.15) is 4.57 Å². The number of nitrogens with zero attached hydrogens (tertiary/aromatic N) is 2. The van der Waals surface area contributed by atoms with E-state index in [1.54, 1.807) is 0 Å². The zero-order valence-electron chi connectivity index (χ0n) is 15.5. The summed E-state index contributed by atoms with van der Waals surface area (Å²) in [6.45, 7) is 5.97. The summed E-state index contributed by atoms with van der Waals surface area (Å²) >= 11 is 1.82. The Morgan fingerprint density at radius 2 is 1.93 bits per heavy atom. The Bertz CT molecular complexity index is 1000. The van der Waals surface area contributed by atoms with Gasteiger partial charge in [0.25, 0.3) is 0 Å². The lowest BCUT2D eigenvalue weighted by atomic mass is 10.2. The number of aromatic nitrogens is 1. The Hall–Kier alpha value is -1.57. The van der Waals surface area contributed by atoms with E-state index in [0.29, 0.717) is 6.54 Å². The van der Waals surface area contributed by atoms with E-state index in [2.05, 4.69) is 77.9 Å². The fourth-order valence-corrected chi connectivity index (χ4v) is 4.80. The number of pyridine rings is 1. The van der Waals surface area contributed by atoms with Crippen LogP contribution in [0.25, 0.3) is 17.0 Å². The number of para-hydroxylation sites is 1. The van der Waals surface area contributed by atoms with Gasteiger partial charge in [-0.15, -0.1) is 0 Å². The highest BCUT2D eigenvalue weighted by molar-refractivity contribution is 8.03. The van der Waals surface area contributed by atoms with Crippen LogP contribution in [-0.4, -0.2) is 18.3 Å². The van der Waals surface area contributed by atoms with Crippen molar-refractivity contribution in [2.75, 3.05) is 18.1 Å². The fourth-order valence-electron chi connectivity index (χ4n) is 3.53. The summed E-state index contributed by atoms with van der Waals surface area (Å²) < 4.78 is 2.20. The van der Waals surface area contributed by atoms with Crippen LogP contribution in [0.2, 0.25) is 0 Å². The molecule has 1 aliphatic rings. The van der Waals surface area contributed by atoms with Gasteiger partial charge >= 0.3 is 0 Å². The van der Waals surface area contributed by atoms with Gasteiger partial charge in [0.2, 0.25) is 11.2 Å². The van der Waals surface area contributed by atoms with Crippen molar-refractivity contribution in [3.05, 3.63) is 70.9 Å². The van der Waals surface area contributed by atoms with Crippen molar-refractivity contribution in [2.24, 2.45) is 0 Å². The van der Waals surface area contributed by atoms with Gasteiger partial charge < -0.3 is 34.0 Å². The second kappa shape index (κ2) is 8.63. The summed E-state index contributed by atoms with van der Waals surface area (Å²) in [5, 5.41) is 12.0. The number of anilines is 1. The van der Waals surface area contributed by atoms with Gasteiger partial charge in [-0.25, -0.2) is 0 Å². The van der Waals surface area contributed by atoms with Gasteiger partial charge in [-0.1, -0.05) is 30.0 Å². The average Bonchev–Trinajstić information content (AvgIpc) is 2.99. The van der Waals surface area contributed by atoms with Crippen LogP contribution in [0, 0.1) is 6.92 Å². The molecular weight excluding hydrogens is 467 g/mol. The van der Waals surface area contributed by atoms with Crippen LogP contribution < -0.4 is 33.4 Å². The Morgan fingerprint density at radius 1 is 1.11 bits per heavy atom. The maximum absolute atomic E-state index is 9.58. The number of fused-ring (bicyclic) bond motifs is 2. The van der Waals surface area contributed by atoms with Gasteiger partial charge in [0.1, 0.15) is 6.61 Å². The Kier molecular flexibility index (Phi) is 6.44. The summed E-state index contributed by atoms with van der Waals surface area (Å²) in [4.78, 5) is 3.67. The van der Waals surface area contributed by atoms with Crippen LogP contribution in [0.3, 0.4) is 0 Å². The second-order valence-corrected chi connectivity index (χ2v) is 7.55. The van der Waals surface area contributed by atoms with Crippen LogP contribution in [0.5, 0.6) is 0 Å². The van der Waals surface area contributed by atoms with E-state index < -0.39 is 0 Å². The molecule has 0 fully saturated rings. The van der Waals surface area contributed by atoms with Gasteiger partial charge in [0, 0.05) is 35.0 Å². The van der Waals surface area contributed by atoms with Gasteiger partial charge in [0.05, 0.1) is 10.7 Å². The second-order valence-electron chi connectivity index (χ2n) is 6.49. The summed E-state index contributed by atoms with van der Waals surface area (Å²) in [5.74, 6) is 0. The van der Waals surface area contributed by atoms with Crippen molar-refractivity contribution in [3.8, 4) is 0 Å². The van der Waals surface area contributed by atoms with E-state index in [1.165, 1.54) is 26.6 Å². The number of hydrogen-bond acceptors (Lipinski definition) is 3. The minimum atomic E-state index is 0. The summed E-state index contributed by atoms with van der Waals surface area (Å²) in [7, 11) is 0. The van der Waals surface area contributed by atoms with Crippen molar-refractivity contribution in [1.82, 2.24) is 0 Å². The molecule has 2 aromatic carbocycles. The highest BCUT2D eigenvalue weighted by Gasteiger charge is 2.25. The molecule has 5 heteroatoms. The largest absolute Gasteiger partial charge is 1.00 e. The molecule has 1 N–H and O–H groups in total. The van der Waals surface area contributed by atoms with Crippen LogP contribution in [0.1, 0.15) is 18.2 Å². The summed E-state index contributed by atoms with van der Waals surface area (Å²) in [6, 6.07) is 19.3. The molecule has 3 aromatic rings. The third kappa shape index (κ3) is 3.86. The first-order chi connectivity index (χ1) is 12.7. The van der Waals surface area contributed by atoms with Crippen molar-refractivity contribution < 1.29 is 33.7 Å². The monoisotopic (exact) mass is 490 g/mol. The van der Waals surface area contributed by atoms with Crippen LogP contribution in [0.4, 0.5) is 5.69 Å². The van der Waals surface area contributed by atoms with Crippen molar-refractivity contribution >= 4 is 34.4 Å². The zero-order valence-corrected chi connectivity index (χ0v) is 18.5. The van der Waals surface area contributed by atoms with Crippen molar-refractivity contribution in [3.63, 3.8) is 0 Å². The predicted octanol–water partition coefficient (Wildman–Crippen LogP) is 1.36. The Balaban J connectivity index is 0.00000210. The quantitative estimate of drug-likeness (QED) is 0.443. The lowest BCUT2D eigenvalue weighted by molar-refractivity contribution is -0.674. The number of aliphatic hydroxyl groups excluding tert-OH is 1. The molecule has 1 aliphatic heterocycles. The molecule has 0 aliphatic carbocycles. The zero-order chi connectivity index (χ0) is 18.1. The first-order valence-corrected chi connectivity index (χ1v) is 9.83. The molecule has 0 unspecified atom stereocenters. The smallest absolute Gasteiger partial charge is 0.213 e. The third-order valence-corrected chi connectivity index (χ3v) is 5.87. The van der Waals surface area contributed by atoms with E-state index >= 15 is 0 Å². The SMILES string of the molecule is CCN1/C(=C/c2ccc3ccccc3[n+]2CCO)Sc2cc(C)ccc21.[I-]. The molecule has 0 saturated heterocycles. The molecule has 0 saturated carbocycles. The highest BCUT2D eigenvalue weighted by atomic mass is 127. The van der Waals surface area contributed by atoms with E-state index in [-0.39, 0.29) is 30.6 Å². The molecular formula is C22H23IN2OS. The Labute approximate surface area is 181 Å². The summed E-state index contributed by atoms with van der Waals surface area (Å²) in [5.41, 5.74) is 4.83. The number of aliphatic hydroxyl groups is 1. The van der Waals surface area contributed by atoms with Crippen LogP contribution in [0.15, 0.2) is 64.5 Å². The minimum absolute atomic E-state index is 0. The summed E-state index contributed by atoms with van der Waals surface area (Å²) in [6.07, 6.45) is 2.24. The Morgan fingerprint density at radius 3 is 2.70 bits per heavy atom. The molecule has 140 valence electrons. The van der Waals surface area contributed by atoms with E-state index in [1.807, 2.05) is 17.8 Å². The topological polar surface area (TPSA) is 27.4 Å². The normalized spacial score (nSPS) is 14.5. The molecule has 0 atom stereocenters. The fraction of sp³-hybridized carbons (Fsp3) is 0.227. The first kappa shape index (κ1) is 20.2. The van der Waals surface area contributed by atoms with Gasteiger partial charge in [-0.05, 0) is 43.7 Å². The lowest BCUT2D eigenvalue weighted by Gasteiger charge is -2.17. The number of rotatable bonds is 4. The highest BCUT2D eigenvalue weighted by Crippen LogP contribution is 2.46. The number of halogens is 1. The maximum atomic E-state index is 9.58. The lowest BCUT2D eigenvalue weighted by Crippen LogP contribution is -3.00. The minimum Gasteiger partial charge on any atom is -1.00 e. The molecule has 0 radical (unpaired) electrons. The molecule has 4 rings (SSSR count). The molecule has 2 heterocycles. The average molecular weight is 490 g/mol. The number of hydrogen-bond donors (Lipinski definition) is 1. The first-order valence-electron chi connectivity index (χ1n) is 9.01. The molecule has 3 nitrogen and oxygen atoms in total. The van der Waals surface area contributed by atoms with Gasteiger partial charge in [-0.3, -0.25) is 0 Å². The molecule has 1 aromatic heterocycles. The number of benzene rings is 2. The van der Waals surface area contributed by atoms with Crippen LogP contribution >= 0.6 is 11.8 Å². The van der Waals surface area contributed by atoms with Crippen LogP contribution in [-0.2, 0) is 6.54 Å². The van der Waals surface area contributed by atoms with Crippen molar-refractivity contribution in [2.45, 2.75) is 25.3 Å². The maximum Gasteiger partial charge on any atom is 0.213 e. The number of aryl methyl sites for hydroxylation is 1. The predicted molar refractivity (Wildman–Crippen MR) is 109 cm³/mol. The van der Waals surface area contributed by atoms with Crippen molar-refractivity contribution in [1.29, 1.82) is 0 Å². The third-order valence-electron chi connectivity index (χ3n) is 4.77. The molecule has 27 heavy (non-hydrogen) atoms.